The summed E-state index contributed by atoms with van der Waals surface area (Å²) in [5, 5.41) is 0. The van der Waals surface area contributed by atoms with E-state index in [2.05, 4.69) is 13.5 Å². The predicted molar refractivity (Wildman–Crippen MR) is 68.8 cm³/mol. The average Bonchev–Trinajstić information content (AvgIpc) is 3.01. The van der Waals surface area contributed by atoms with E-state index >= 15 is 0 Å². The third kappa shape index (κ3) is 1.01. The van der Waals surface area contributed by atoms with Gasteiger partial charge in [0.2, 0.25) is 0 Å². The number of carbonyl (C=O) groups is 1. The first-order valence-electron chi connectivity index (χ1n) is 7.42. The molecule has 0 aromatic rings. The molecule has 18 heavy (non-hydrogen) atoms. The van der Waals surface area contributed by atoms with E-state index in [-0.39, 0.29) is 11.6 Å². The van der Waals surface area contributed by atoms with Gasteiger partial charge in [0.25, 0.3) is 0 Å². The molecule has 6 atom stereocenters. The van der Waals surface area contributed by atoms with Crippen LogP contribution in [0.2, 0.25) is 0 Å². The van der Waals surface area contributed by atoms with Crippen molar-refractivity contribution in [2.24, 2.45) is 29.1 Å². The van der Waals surface area contributed by atoms with Gasteiger partial charge in [0.1, 0.15) is 5.60 Å². The minimum absolute atomic E-state index is 0.140. The van der Waals surface area contributed by atoms with E-state index in [1.807, 2.05) is 0 Å². The highest BCUT2D eigenvalue weighted by Gasteiger charge is 2.80. The summed E-state index contributed by atoms with van der Waals surface area (Å²) in [4.78, 5) is 12.0. The molecule has 1 spiro atoms. The van der Waals surface area contributed by atoms with E-state index < -0.39 is 0 Å². The monoisotopic (exact) mass is 246 g/mol. The fraction of sp³-hybridized carbons (Fsp3) is 0.812. The summed E-state index contributed by atoms with van der Waals surface area (Å²) in [7, 11) is 0. The van der Waals surface area contributed by atoms with Gasteiger partial charge in [-0.05, 0) is 62.2 Å². The Morgan fingerprint density at radius 3 is 2.72 bits per heavy atom. The molecule has 0 radical (unpaired) electrons. The molecule has 98 valence electrons. The van der Waals surface area contributed by atoms with E-state index in [1.54, 1.807) is 6.92 Å². The molecule has 2 heteroatoms. The molecule has 0 amide bonds. The minimum Gasteiger partial charge on any atom is -0.455 e. The van der Waals surface area contributed by atoms with Gasteiger partial charge < -0.3 is 4.74 Å². The topological polar surface area (TPSA) is 26.3 Å². The van der Waals surface area contributed by atoms with Crippen LogP contribution in [0.1, 0.15) is 46.0 Å². The van der Waals surface area contributed by atoms with Crippen molar-refractivity contribution in [3.8, 4) is 0 Å². The lowest BCUT2D eigenvalue weighted by Gasteiger charge is -2.48. The first-order valence-corrected chi connectivity index (χ1v) is 7.42. The Kier molecular flexibility index (Phi) is 1.86. The van der Waals surface area contributed by atoms with Gasteiger partial charge in [-0.3, -0.25) is 0 Å². The van der Waals surface area contributed by atoms with Crippen molar-refractivity contribution < 1.29 is 9.53 Å². The van der Waals surface area contributed by atoms with Crippen LogP contribution in [0.4, 0.5) is 0 Å². The Bertz CT molecular complexity index is 445. The van der Waals surface area contributed by atoms with Crippen molar-refractivity contribution in [1.29, 1.82) is 0 Å². The van der Waals surface area contributed by atoms with E-state index in [0.29, 0.717) is 22.8 Å². The van der Waals surface area contributed by atoms with Crippen LogP contribution in [0.25, 0.3) is 0 Å². The van der Waals surface area contributed by atoms with Crippen LogP contribution in [0, 0.1) is 29.1 Å². The lowest BCUT2D eigenvalue weighted by Crippen LogP contribution is -2.49. The third-order valence-electron chi connectivity index (χ3n) is 6.71. The highest BCUT2D eigenvalue weighted by Crippen LogP contribution is 2.83. The molecule has 2 bridgehead atoms. The fourth-order valence-corrected chi connectivity index (χ4v) is 5.77. The molecule has 4 aliphatic rings. The van der Waals surface area contributed by atoms with Gasteiger partial charge in [0, 0.05) is 11.5 Å². The number of esters is 1. The maximum atomic E-state index is 12.0. The second-order valence-corrected chi connectivity index (χ2v) is 7.20. The fourth-order valence-electron chi connectivity index (χ4n) is 5.77. The van der Waals surface area contributed by atoms with E-state index in [9.17, 15) is 4.79 Å². The van der Waals surface area contributed by atoms with Crippen LogP contribution in [0.15, 0.2) is 12.2 Å². The van der Waals surface area contributed by atoms with Gasteiger partial charge in [-0.2, -0.15) is 0 Å². The summed E-state index contributed by atoms with van der Waals surface area (Å²) in [5.74, 6) is 2.96. The maximum absolute atomic E-state index is 12.0. The van der Waals surface area contributed by atoms with Crippen molar-refractivity contribution >= 4 is 5.97 Å². The first-order chi connectivity index (χ1) is 8.53. The smallest absolute Gasteiger partial charge is 0.333 e. The zero-order chi connectivity index (χ0) is 12.7. The molecule has 2 nitrogen and oxygen atoms in total. The van der Waals surface area contributed by atoms with Crippen molar-refractivity contribution in [2.75, 3.05) is 0 Å². The third-order valence-corrected chi connectivity index (χ3v) is 6.71. The lowest BCUT2D eigenvalue weighted by molar-refractivity contribution is -0.172. The number of rotatable bonds is 3. The Morgan fingerprint density at radius 2 is 2.06 bits per heavy atom. The molecule has 0 N–H and O–H groups in total. The van der Waals surface area contributed by atoms with Gasteiger partial charge in [0.15, 0.2) is 0 Å². The summed E-state index contributed by atoms with van der Waals surface area (Å²) in [6.07, 6.45) is 6.42. The van der Waals surface area contributed by atoms with Crippen LogP contribution in [0.5, 0.6) is 0 Å². The predicted octanol–water partition coefficient (Wildman–Crippen LogP) is 3.32. The number of hydrogen-bond donors (Lipinski definition) is 0. The molecule has 4 fully saturated rings. The second-order valence-electron chi connectivity index (χ2n) is 7.20. The molecule has 4 rings (SSSR count). The first kappa shape index (κ1) is 11.1. The van der Waals surface area contributed by atoms with Crippen molar-refractivity contribution in [3.63, 3.8) is 0 Å². The highest BCUT2D eigenvalue weighted by atomic mass is 16.6. The van der Waals surface area contributed by atoms with Crippen molar-refractivity contribution in [3.05, 3.63) is 12.2 Å². The van der Waals surface area contributed by atoms with Gasteiger partial charge in [-0.25, -0.2) is 4.79 Å². The van der Waals surface area contributed by atoms with Crippen LogP contribution in [-0.2, 0) is 9.53 Å². The molecule has 0 saturated heterocycles. The number of carbonyl (C=O) groups excluding carboxylic acids is 1. The lowest BCUT2D eigenvalue weighted by atomic mass is 9.59. The number of fused-ring (bicyclic) bond motifs is 1. The van der Waals surface area contributed by atoms with E-state index in [1.165, 1.54) is 25.7 Å². The Labute approximate surface area is 109 Å². The maximum Gasteiger partial charge on any atom is 0.333 e. The molecule has 0 aliphatic heterocycles. The van der Waals surface area contributed by atoms with E-state index in [0.717, 1.165) is 18.3 Å². The standard InChI is InChI=1S/C16H22O2/c1-4-16(18-14(17)9(2)3)10-5-11-7-15(11)8-13(16)12(15)6-10/h10-13H,2,4-8H2,1,3H3. The van der Waals surface area contributed by atoms with Crippen molar-refractivity contribution in [1.82, 2.24) is 0 Å². The SMILES string of the molecule is C=C(C)C(=O)OC1(CC)C2CC3CC34CC1C4C2. The van der Waals surface area contributed by atoms with Crippen LogP contribution < -0.4 is 0 Å². The second kappa shape index (κ2) is 3.02. The van der Waals surface area contributed by atoms with Crippen LogP contribution in [-0.4, -0.2) is 11.6 Å². The molecule has 4 aliphatic carbocycles. The average molecular weight is 246 g/mol. The van der Waals surface area contributed by atoms with Gasteiger partial charge in [-0.1, -0.05) is 13.5 Å². The normalized spacial score (nSPS) is 54.3. The summed E-state index contributed by atoms with van der Waals surface area (Å²) < 4.78 is 6.00. The molecule has 0 heterocycles. The summed E-state index contributed by atoms with van der Waals surface area (Å²) in [6.45, 7) is 7.69. The Hall–Kier alpha value is -0.790. The molecule has 4 saturated carbocycles. The minimum atomic E-state index is -0.168. The molecular formula is C16H22O2. The van der Waals surface area contributed by atoms with Gasteiger partial charge >= 0.3 is 5.97 Å². The summed E-state index contributed by atoms with van der Waals surface area (Å²) in [6, 6.07) is 0. The Morgan fingerprint density at radius 1 is 1.28 bits per heavy atom. The molecule has 0 aromatic heterocycles. The highest BCUT2D eigenvalue weighted by molar-refractivity contribution is 5.87. The summed E-state index contributed by atoms with van der Waals surface area (Å²) in [5.41, 5.74) is 1.12. The van der Waals surface area contributed by atoms with E-state index in [4.69, 9.17) is 4.74 Å². The zero-order valence-electron chi connectivity index (χ0n) is 11.4. The van der Waals surface area contributed by atoms with Crippen LogP contribution >= 0.6 is 0 Å². The quantitative estimate of drug-likeness (QED) is 0.564. The zero-order valence-corrected chi connectivity index (χ0v) is 11.4. The largest absolute Gasteiger partial charge is 0.455 e. The molecular weight excluding hydrogens is 224 g/mol. The van der Waals surface area contributed by atoms with Crippen molar-refractivity contribution in [2.45, 2.75) is 51.6 Å². The molecule has 6 unspecified atom stereocenters. The van der Waals surface area contributed by atoms with Crippen LogP contribution in [0.3, 0.4) is 0 Å². The summed E-state index contributed by atoms with van der Waals surface area (Å²) >= 11 is 0. The Balaban J connectivity index is 1.66. The van der Waals surface area contributed by atoms with Gasteiger partial charge in [0.05, 0.1) is 0 Å². The number of ether oxygens (including phenoxy) is 1. The molecule has 0 aromatic carbocycles. The number of hydrogen-bond acceptors (Lipinski definition) is 2. The van der Waals surface area contributed by atoms with Gasteiger partial charge in [-0.15, -0.1) is 0 Å².